The normalized spacial score (nSPS) is 11.8. The number of sulfonamides is 1. The molecular weight excluding hydrogens is 388 g/mol. The molecule has 0 heterocycles. The number of phenolic OH excluding ortho intramolecular Hbond substituents is 1. The van der Waals surface area contributed by atoms with Crippen LogP contribution in [0.4, 0.5) is 5.69 Å². The van der Waals surface area contributed by atoms with Crippen LogP contribution in [-0.2, 0) is 16.6 Å². The highest BCUT2D eigenvalue weighted by Gasteiger charge is 2.20. The van der Waals surface area contributed by atoms with E-state index in [2.05, 4.69) is 4.99 Å². The zero-order valence-corrected chi connectivity index (χ0v) is 17.0. The van der Waals surface area contributed by atoms with Gasteiger partial charge in [-0.05, 0) is 53.6 Å². The van der Waals surface area contributed by atoms with Crippen LogP contribution in [0.5, 0.6) is 11.5 Å². The fourth-order valence-electron chi connectivity index (χ4n) is 2.73. The molecule has 7 heteroatoms. The number of hydrogen-bond acceptors (Lipinski definition) is 5. The van der Waals surface area contributed by atoms with Crippen molar-refractivity contribution >= 4 is 21.9 Å². The first-order valence-corrected chi connectivity index (χ1v) is 10.4. The standard InChI is InChI=1S/C22H22N2O4S/c1-24(16-17-6-4-3-5-7-17)29(26,27)20-11-9-19(10-12-20)23-15-18-8-13-21(25)22(14-18)28-2/h3-15,25H,16H2,1-2H3. The third-order valence-electron chi connectivity index (χ3n) is 4.36. The summed E-state index contributed by atoms with van der Waals surface area (Å²) in [6.07, 6.45) is 1.62. The lowest BCUT2D eigenvalue weighted by Crippen LogP contribution is -2.26. The number of aliphatic imine (C=N–C) groups is 1. The van der Waals surface area contributed by atoms with Gasteiger partial charge in [-0.25, -0.2) is 8.42 Å². The average molecular weight is 410 g/mol. The van der Waals surface area contributed by atoms with Crippen molar-refractivity contribution in [2.45, 2.75) is 11.4 Å². The zero-order valence-electron chi connectivity index (χ0n) is 16.2. The van der Waals surface area contributed by atoms with Crippen LogP contribution in [0.3, 0.4) is 0 Å². The van der Waals surface area contributed by atoms with Crippen LogP contribution in [0.15, 0.2) is 82.7 Å². The molecule has 0 amide bonds. The van der Waals surface area contributed by atoms with Crippen molar-refractivity contribution in [3.63, 3.8) is 0 Å². The first kappa shape index (κ1) is 20.6. The molecule has 0 fully saturated rings. The lowest BCUT2D eigenvalue weighted by Gasteiger charge is -2.17. The van der Waals surface area contributed by atoms with Crippen molar-refractivity contribution in [1.82, 2.24) is 4.31 Å². The van der Waals surface area contributed by atoms with E-state index in [1.807, 2.05) is 30.3 Å². The third kappa shape index (κ3) is 5.01. The molecule has 0 saturated carbocycles. The van der Waals surface area contributed by atoms with Crippen molar-refractivity contribution in [2.24, 2.45) is 4.99 Å². The highest BCUT2D eigenvalue weighted by molar-refractivity contribution is 7.89. The fourth-order valence-corrected chi connectivity index (χ4v) is 3.89. The highest BCUT2D eigenvalue weighted by atomic mass is 32.2. The summed E-state index contributed by atoms with van der Waals surface area (Å²) in [6.45, 7) is 0.297. The molecule has 0 aliphatic carbocycles. The molecule has 3 aromatic rings. The van der Waals surface area contributed by atoms with Gasteiger partial charge in [0.2, 0.25) is 10.0 Å². The fraction of sp³-hybridized carbons (Fsp3) is 0.136. The van der Waals surface area contributed by atoms with Gasteiger partial charge in [0.25, 0.3) is 0 Å². The molecule has 0 aliphatic heterocycles. The van der Waals surface area contributed by atoms with E-state index in [4.69, 9.17) is 4.74 Å². The number of methoxy groups -OCH3 is 1. The molecule has 150 valence electrons. The van der Waals surface area contributed by atoms with Crippen molar-refractivity contribution in [3.05, 3.63) is 83.9 Å². The predicted molar refractivity (Wildman–Crippen MR) is 113 cm³/mol. The average Bonchev–Trinajstić information content (AvgIpc) is 2.74. The maximum Gasteiger partial charge on any atom is 0.243 e. The molecule has 29 heavy (non-hydrogen) atoms. The van der Waals surface area contributed by atoms with Gasteiger partial charge in [0, 0.05) is 19.8 Å². The maximum absolute atomic E-state index is 12.8. The van der Waals surface area contributed by atoms with Crippen LogP contribution >= 0.6 is 0 Å². The first-order valence-electron chi connectivity index (χ1n) is 8.91. The number of rotatable bonds is 7. The van der Waals surface area contributed by atoms with Crippen LogP contribution in [-0.4, -0.2) is 38.2 Å². The number of nitrogens with zero attached hydrogens (tertiary/aromatic N) is 2. The van der Waals surface area contributed by atoms with E-state index in [1.54, 1.807) is 49.7 Å². The SMILES string of the molecule is COc1cc(C=Nc2ccc(S(=O)(=O)N(C)Cc3ccccc3)cc2)ccc1O. The van der Waals surface area contributed by atoms with Gasteiger partial charge in [-0.1, -0.05) is 30.3 Å². The molecule has 1 N–H and O–H groups in total. The van der Waals surface area contributed by atoms with Gasteiger partial charge in [0.05, 0.1) is 17.7 Å². The van der Waals surface area contributed by atoms with Crippen LogP contribution in [0, 0.1) is 0 Å². The summed E-state index contributed by atoms with van der Waals surface area (Å²) in [7, 11) is -0.559. The maximum atomic E-state index is 12.8. The predicted octanol–water partition coefficient (Wildman–Crippen LogP) is 3.97. The molecule has 0 saturated heterocycles. The van der Waals surface area contributed by atoms with E-state index in [0.29, 0.717) is 18.0 Å². The van der Waals surface area contributed by atoms with Crippen LogP contribution in [0.2, 0.25) is 0 Å². The van der Waals surface area contributed by atoms with Gasteiger partial charge in [-0.15, -0.1) is 0 Å². The van der Waals surface area contributed by atoms with Gasteiger partial charge in [-0.2, -0.15) is 4.31 Å². The Morgan fingerprint density at radius 3 is 2.38 bits per heavy atom. The Morgan fingerprint density at radius 2 is 1.72 bits per heavy atom. The molecule has 0 aliphatic rings. The second-order valence-electron chi connectivity index (χ2n) is 6.43. The van der Waals surface area contributed by atoms with Gasteiger partial charge >= 0.3 is 0 Å². The third-order valence-corrected chi connectivity index (χ3v) is 6.18. The molecule has 0 aromatic heterocycles. The van der Waals surface area contributed by atoms with Crippen LogP contribution < -0.4 is 4.74 Å². The van der Waals surface area contributed by atoms with E-state index in [-0.39, 0.29) is 10.6 Å². The van der Waals surface area contributed by atoms with Gasteiger partial charge in [-0.3, -0.25) is 4.99 Å². The van der Waals surface area contributed by atoms with E-state index >= 15 is 0 Å². The Morgan fingerprint density at radius 1 is 1.03 bits per heavy atom. The number of phenols is 1. The second kappa shape index (κ2) is 8.89. The van der Waals surface area contributed by atoms with E-state index < -0.39 is 10.0 Å². The topological polar surface area (TPSA) is 79.2 Å². The van der Waals surface area contributed by atoms with E-state index in [9.17, 15) is 13.5 Å². The Balaban J connectivity index is 1.73. The lowest BCUT2D eigenvalue weighted by atomic mass is 10.2. The molecule has 3 rings (SSSR count). The lowest BCUT2D eigenvalue weighted by molar-refractivity contribution is 0.373. The summed E-state index contributed by atoms with van der Waals surface area (Å²) in [6, 6.07) is 20.7. The number of aromatic hydroxyl groups is 1. The number of benzene rings is 3. The molecular formula is C22H22N2O4S. The van der Waals surface area contributed by atoms with E-state index in [0.717, 1.165) is 11.1 Å². The van der Waals surface area contributed by atoms with Crippen LogP contribution in [0.25, 0.3) is 0 Å². The van der Waals surface area contributed by atoms with Gasteiger partial charge in [0.1, 0.15) is 0 Å². The highest BCUT2D eigenvalue weighted by Crippen LogP contribution is 2.26. The molecule has 3 aromatic carbocycles. The molecule has 0 atom stereocenters. The largest absolute Gasteiger partial charge is 0.504 e. The summed E-state index contributed by atoms with van der Waals surface area (Å²) in [5, 5.41) is 9.63. The summed E-state index contributed by atoms with van der Waals surface area (Å²) in [5.41, 5.74) is 2.28. The molecule has 0 radical (unpaired) electrons. The van der Waals surface area contributed by atoms with Crippen molar-refractivity contribution in [2.75, 3.05) is 14.2 Å². The molecule has 0 unspecified atom stereocenters. The van der Waals surface area contributed by atoms with Gasteiger partial charge in [0.15, 0.2) is 11.5 Å². The minimum Gasteiger partial charge on any atom is -0.504 e. The summed E-state index contributed by atoms with van der Waals surface area (Å²) in [4.78, 5) is 4.56. The summed E-state index contributed by atoms with van der Waals surface area (Å²) < 4.78 is 32.0. The van der Waals surface area contributed by atoms with Crippen molar-refractivity contribution in [3.8, 4) is 11.5 Å². The molecule has 0 bridgehead atoms. The zero-order chi connectivity index (χ0) is 20.9. The van der Waals surface area contributed by atoms with Crippen molar-refractivity contribution in [1.29, 1.82) is 0 Å². The summed E-state index contributed by atoms with van der Waals surface area (Å²) >= 11 is 0. The molecule has 6 nitrogen and oxygen atoms in total. The Kier molecular flexibility index (Phi) is 6.31. The van der Waals surface area contributed by atoms with E-state index in [1.165, 1.54) is 17.5 Å². The number of hydrogen-bond donors (Lipinski definition) is 1. The quantitative estimate of drug-likeness (QED) is 0.598. The first-order chi connectivity index (χ1) is 13.9. The minimum atomic E-state index is -3.60. The number of ether oxygens (including phenoxy) is 1. The minimum absolute atomic E-state index is 0.0545. The molecule has 0 spiro atoms. The van der Waals surface area contributed by atoms with Gasteiger partial charge < -0.3 is 9.84 Å². The van der Waals surface area contributed by atoms with Crippen molar-refractivity contribution < 1.29 is 18.3 Å². The monoisotopic (exact) mass is 410 g/mol. The summed E-state index contributed by atoms with van der Waals surface area (Å²) in [5.74, 6) is 0.413. The Labute approximate surface area is 170 Å². The van der Waals surface area contributed by atoms with Crippen LogP contribution in [0.1, 0.15) is 11.1 Å². The Hall–Kier alpha value is -3.16. The smallest absolute Gasteiger partial charge is 0.243 e. The second-order valence-corrected chi connectivity index (χ2v) is 8.47. The Bertz CT molecular complexity index is 1100.